The topological polar surface area (TPSA) is 38.7 Å². The molecule has 138 valence electrons. The average molecular weight is 373 g/mol. The molecule has 2 aromatic heterocycles. The third-order valence-corrected chi connectivity index (χ3v) is 5.03. The second kappa shape index (κ2) is 7.28. The van der Waals surface area contributed by atoms with Crippen molar-refractivity contribution in [1.29, 1.82) is 0 Å². The summed E-state index contributed by atoms with van der Waals surface area (Å²) >= 11 is 0. The quantitative estimate of drug-likeness (QED) is 0.371. The van der Waals surface area contributed by atoms with E-state index in [9.17, 15) is 0 Å². The normalized spacial score (nSPS) is 10.9. The monoisotopic (exact) mass is 373 g/mol. The van der Waals surface area contributed by atoms with Crippen LogP contribution in [0.5, 0.6) is 0 Å². The Kier molecular flexibility index (Phi) is 4.34. The van der Waals surface area contributed by atoms with Crippen molar-refractivity contribution in [3.05, 3.63) is 103 Å². The zero-order valence-electron chi connectivity index (χ0n) is 16.1. The lowest BCUT2D eigenvalue weighted by molar-refractivity contribution is 1.18. The van der Waals surface area contributed by atoms with Gasteiger partial charge in [-0.3, -0.25) is 4.98 Å². The Morgan fingerprint density at radius 3 is 2.17 bits per heavy atom. The minimum Gasteiger partial charge on any atom is -0.256 e. The summed E-state index contributed by atoms with van der Waals surface area (Å²) in [5.41, 5.74) is 7.13. The molecule has 0 fully saturated rings. The van der Waals surface area contributed by atoms with E-state index < -0.39 is 0 Å². The molecule has 29 heavy (non-hydrogen) atoms. The summed E-state index contributed by atoms with van der Waals surface area (Å²) in [5.74, 6) is 0.722. The Morgan fingerprint density at radius 1 is 0.621 bits per heavy atom. The molecule has 5 rings (SSSR count). The lowest BCUT2D eigenvalue weighted by Gasteiger charge is -2.11. The van der Waals surface area contributed by atoms with E-state index >= 15 is 0 Å². The van der Waals surface area contributed by atoms with Gasteiger partial charge < -0.3 is 0 Å². The van der Waals surface area contributed by atoms with Crippen LogP contribution in [0.25, 0.3) is 44.8 Å². The number of para-hydroxylation sites is 1. The van der Waals surface area contributed by atoms with Crippen LogP contribution in [0.2, 0.25) is 0 Å². The first-order chi connectivity index (χ1) is 14.3. The lowest BCUT2D eigenvalue weighted by atomic mass is 10.0. The SMILES string of the molecule is Cc1ccc(-c2cc(-c3ccnc4ccccc34)nc(-c3ccccc3)n2)cc1. The lowest BCUT2D eigenvalue weighted by Crippen LogP contribution is -1.96. The van der Waals surface area contributed by atoms with Crippen molar-refractivity contribution in [3.8, 4) is 33.9 Å². The number of pyridine rings is 1. The Bertz CT molecular complexity index is 1290. The summed E-state index contributed by atoms with van der Waals surface area (Å²) in [6.07, 6.45) is 1.84. The smallest absolute Gasteiger partial charge is 0.160 e. The van der Waals surface area contributed by atoms with E-state index in [4.69, 9.17) is 9.97 Å². The highest BCUT2D eigenvalue weighted by atomic mass is 14.9. The Hall–Kier alpha value is -3.85. The molecule has 0 atom stereocenters. The fraction of sp³-hybridized carbons (Fsp3) is 0.0385. The van der Waals surface area contributed by atoms with Gasteiger partial charge in [0.15, 0.2) is 5.82 Å². The van der Waals surface area contributed by atoms with Crippen molar-refractivity contribution < 1.29 is 0 Å². The Balaban J connectivity index is 1.76. The second-order valence-corrected chi connectivity index (χ2v) is 7.07. The molecule has 0 unspecified atom stereocenters. The Labute approximate surface area is 169 Å². The zero-order valence-corrected chi connectivity index (χ0v) is 16.1. The van der Waals surface area contributed by atoms with E-state index in [-0.39, 0.29) is 0 Å². The molecule has 5 aromatic rings. The molecular weight excluding hydrogens is 354 g/mol. The van der Waals surface area contributed by atoms with Crippen LogP contribution in [0.3, 0.4) is 0 Å². The van der Waals surface area contributed by atoms with E-state index in [2.05, 4.69) is 48.3 Å². The average Bonchev–Trinajstić information content (AvgIpc) is 2.79. The molecule has 0 radical (unpaired) electrons. The van der Waals surface area contributed by atoms with Crippen molar-refractivity contribution in [3.63, 3.8) is 0 Å². The molecule has 0 bridgehead atoms. The predicted molar refractivity (Wildman–Crippen MR) is 118 cm³/mol. The van der Waals surface area contributed by atoms with Crippen LogP contribution >= 0.6 is 0 Å². The molecule has 0 saturated heterocycles. The molecule has 0 amide bonds. The molecule has 3 nitrogen and oxygen atoms in total. The van der Waals surface area contributed by atoms with Gasteiger partial charge in [0.1, 0.15) is 0 Å². The first kappa shape index (κ1) is 17.3. The summed E-state index contributed by atoms with van der Waals surface area (Å²) in [6.45, 7) is 2.09. The number of aromatic nitrogens is 3. The van der Waals surface area contributed by atoms with Crippen LogP contribution in [-0.4, -0.2) is 15.0 Å². The summed E-state index contributed by atoms with van der Waals surface area (Å²) in [7, 11) is 0. The number of aryl methyl sites for hydroxylation is 1. The maximum atomic E-state index is 4.93. The van der Waals surface area contributed by atoms with Crippen molar-refractivity contribution in [1.82, 2.24) is 15.0 Å². The minimum atomic E-state index is 0.722. The Morgan fingerprint density at radius 2 is 1.34 bits per heavy atom. The third kappa shape index (κ3) is 3.39. The molecule has 0 N–H and O–H groups in total. The zero-order chi connectivity index (χ0) is 19.6. The number of hydrogen-bond donors (Lipinski definition) is 0. The number of benzene rings is 3. The molecule has 0 aliphatic rings. The number of nitrogens with zero attached hydrogens (tertiary/aromatic N) is 3. The van der Waals surface area contributed by atoms with Crippen LogP contribution in [0.15, 0.2) is 97.2 Å². The number of rotatable bonds is 3. The predicted octanol–water partition coefficient (Wildman–Crippen LogP) is 6.33. The maximum Gasteiger partial charge on any atom is 0.160 e. The van der Waals surface area contributed by atoms with Crippen LogP contribution < -0.4 is 0 Å². The van der Waals surface area contributed by atoms with E-state index in [0.717, 1.165) is 44.8 Å². The van der Waals surface area contributed by atoms with Gasteiger partial charge in [-0.15, -0.1) is 0 Å². The van der Waals surface area contributed by atoms with Crippen molar-refractivity contribution in [2.24, 2.45) is 0 Å². The number of hydrogen-bond acceptors (Lipinski definition) is 3. The van der Waals surface area contributed by atoms with Gasteiger partial charge in [-0.25, -0.2) is 9.97 Å². The highest BCUT2D eigenvalue weighted by Crippen LogP contribution is 2.31. The van der Waals surface area contributed by atoms with Crippen LogP contribution in [0.1, 0.15) is 5.56 Å². The fourth-order valence-corrected chi connectivity index (χ4v) is 3.49. The van der Waals surface area contributed by atoms with Gasteiger partial charge in [-0.1, -0.05) is 78.4 Å². The van der Waals surface area contributed by atoms with E-state index in [0.29, 0.717) is 0 Å². The van der Waals surface area contributed by atoms with Crippen molar-refractivity contribution >= 4 is 10.9 Å². The van der Waals surface area contributed by atoms with Crippen LogP contribution in [0.4, 0.5) is 0 Å². The number of fused-ring (bicyclic) bond motifs is 1. The first-order valence-electron chi connectivity index (χ1n) is 9.63. The first-order valence-corrected chi connectivity index (χ1v) is 9.63. The van der Waals surface area contributed by atoms with E-state index in [1.807, 2.05) is 60.8 Å². The van der Waals surface area contributed by atoms with Gasteiger partial charge in [0.2, 0.25) is 0 Å². The minimum absolute atomic E-state index is 0.722. The van der Waals surface area contributed by atoms with Gasteiger partial charge in [0.25, 0.3) is 0 Å². The summed E-state index contributed by atoms with van der Waals surface area (Å²) < 4.78 is 0. The summed E-state index contributed by atoms with van der Waals surface area (Å²) in [4.78, 5) is 14.3. The summed E-state index contributed by atoms with van der Waals surface area (Å²) in [5, 5.41) is 1.09. The molecular formula is C26H19N3. The van der Waals surface area contributed by atoms with Crippen molar-refractivity contribution in [2.75, 3.05) is 0 Å². The molecule has 0 aliphatic carbocycles. The van der Waals surface area contributed by atoms with Gasteiger partial charge in [-0.05, 0) is 25.1 Å². The second-order valence-electron chi connectivity index (χ2n) is 7.07. The van der Waals surface area contributed by atoms with Gasteiger partial charge >= 0.3 is 0 Å². The molecule has 0 spiro atoms. The van der Waals surface area contributed by atoms with Crippen molar-refractivity contribution in [2.45, 2.75) is 6.92 Å². The van der Waals surface area contributed by atoms with E-state index in [1.54, 1.807) is 0 Å². The molecule has 2 heterocycles. The van der Waals surface area contributed by atoms with Gasteiger partial charge in [0.05, 0.1) is 16.9 Å². The molecule has 0 saturated carbocycles. The highest BCUT2D eigenvalue weighted by Gasteiger charge is 2.12. The maximum absolute atomic E-state index is 4.93. The van der Waals surface area contributed by atoms with Gasteiger partial charge in [0, 0.05) is 28.3 Å². The molecule has 3 aromatic carbocycles. The van der Waals surface area contributed by atoms with E-state index in [1.165, 1.54) is 5.56 Å². The molecule has 0 aliphatic heterocycles. The summed E-state index contributed by atoms with van der Waals surface area (Å²) in [6, 6.07) is 30.8. The molecule has 3 heteroatoms. The van der Waals surface area contributed by atoms with Crippen LogP contribution in [-0.2, 0) is 0 Å². The third-order valence-electron chi connectivity index (χ3n) is 5.03. The largest absolute Gasteiger partial charge is 0.256 e. The standard InChI is InChI=1S/C26H19N3/c1-18-11-13-19(14-12-18)24-17-25(29-26(28-24)20-7-3-2-4-8-20)22-15-16-27-23-10-6-5-9-21(22)23/h2-17H,1H3. The highest BCUT2D eigenvalue weighted by molar-refractivity contribution is 5.94. The van der Waals surface area contributed by atoms with Gasteiger partial charge in [-0.2, -0.15) is 0 Å². The fourth-order valence-electron chi connectivity index (χ4n) is 3.49. The van der Waals surface area contributed by atoms with Crippen LogP contribution in [0, 0.1) is 6.92 Å².